The zero-order chi connectivity index (χ0) is 17.0. The van der Waals surface area contributed by atoms with Crippen LogP contribution in [0.4, 0.5) is 8.78 Å². The third-order valence-corrected chi connectivity index (χ3v) is 3.75. The molecule has 1 aromatic heterocycles. The minimum Gasteiger partial charge on any atom is -0.481 e. The fourth-order valence-electron chi connectivity index (χ4n) is 2.52. The lowest BCUT2D eigenvalue weighted by atomic mass is 9.83. The van der Waals surface area contributed by atoms with E-state index in [9.17, 15) is 23.8 Å². The molecule has 2 rings (SSSR count). The molecule has 1 heterocycles. The zero-order valence-electron chi connectivity index (χ0n) is 12.5. The van der Waals surface area contributed by atoms with E-state index in [2.05, 4.69) is 10.1 Å². The summed E-state index contributed by atoms with van der Waals surface area (Å²) in [6.45, 7) is 1.47. The third-order valence-electron chi connectivity index (χ3n) is 3.75. The van der Waals surface area contributed by atoms with Gasteiger partial charge in [-0.25, -0.2) is 18.4 Å². The Kier molecular flexibility index (Phi) is 5.05. The van der Waals surface area contributed by atoms with Crippen LogP contribution in [0.15, 0.2) is 30.9 Å². The molecule has 1 aromatic carbocycles. The van der Waals surface area contributed by atoms with E-state index in [0.29, 0.717) is 6.07 Å². The van der Waals surface area contributed by atoms with E-state index in [1.54, 1.807) is 6.92 Å². The molecule has 0 saturated heterocycles. The van der Waals surface area contributed by atoms with Gasteiger partial charge < -0.3 is 10.2 Å². The maximum atomic E-state index is 14.1. The fourth-order valence-corrected chi connectivity index (χ4v) is 2.52. The first-order chi connectivity index (χ1) is 10.9. The van der Waals surface area contributed by atoms with Gasteiger partial charge in [0.1, 0.15) is 29.9 Å². The van der Waals surface area contributed by atoms with E-state index in [4.69, 9.17) is 0 Å². The second kappa shape index (κ2) is 6.82. The number of carbonyl (C=O) groups is 1. The van der Waals surface area contributed by atoms with E-state index in [0.717, 1.165) is 12.1 Å². The molecule has 2 atom stereocenters. The van der Waals surface area contributed by atoms with Gasteiger partial charge in [-0.2, -0.15) is 5.10 Å². The number of hydrogen-bond acceptors (Lipinski definition) is 4. The van der Waals surface area contributed by atoms with Crippen LogP contribution in [0, 0.1) is 17.6 Å². The number of carboxylic acids is 1. The minimum absolute atomic E-state index is 0.172. The monoisotopic (exact) mass is 325 g/mol. The van der Waals surface area contributed by atoms with Gasteiger partial charge in [-0.15, -0.1) is 0 Å². The maximum Gasteiger partial charge on any atom is 0.306 e. The van der Waals surface area contributed by atoms with Gasteiger partial charge in [0.05, 0.1) is 12.5 Å². The molecule has 6 nitrogen and oxygen atoms in total. The van der Waals surface area contributed by atoms with Crippen LogP contribution < -0.4 is 0 Å². The summed E-state index contributed by atoms with van der Waals surface area (Å²) in [5, 5.41) is 24.0. The number of aliphatic carboxylic acids is 1. The lowest BCUT2D eigenvalue weighted by molar-refractivity contribution is -0.145. The summed E-state index contributed by atoms with van der Waals surface area (Å²) < 4.78 is 28.5. The lowest BCUT2D eigenvalue weighted by Crippen LogP contribution is -2.37. The largest absolute Gasteiger partial charge is 0.481 e. The number of carboxylic acid groups (broad SMARTS) is 1. The quantitative estimate of drug-likeness (QED) is 0.812. The topological polar surface area (TPSA) is 88.2 Å². The van der Waals surface area contributed by atoms with Crippen LogP contribution in [0.1, 0.15) is 25.3 Å². The van der Waals surface area contributed by atoms with Crippen molar-refractivity contribution in [2.24, 2.45) is 5.92 Å². The molecule has 0 saturated carbocycles. The molecule has 124 valence electrons. The Labute approximate surface area is 131 Å². The van der Waals surface area contributed by atoms with Crippen LogP contribution in [-0.4, -0.2) is 30.9 Å². The van der Waals surface area contributed by atoms with Crippen LogP contribution in [0.25, 0.3) is 0 Å². The summed E-state index contributed by atoms with van der Waals surface area (Å²) >= 11 is 0. The SMILES string of the molecule is CCC(C[C@](O)(Cn1cncn1)c1ccc(F)cc1F)C(=O)O. The highest BCUT2D eigenvalue weighted by Gasteiger charge is 2.37. The molecule has 0 spiro atoms. The molecule has 0 fully saturated rings. The van der Waals surface area contributed by atoms with E-state index in [1.807, 2.05) is 0 Å². The Hall–Kier alpha value is -2.35. The molecule has 0 aliphatic carbocycles. The van der Waals surface area contributed by atoms with Crippen LogP contribution in [-0.2, 0) is 16.9 Å². The summed E-state index contributed by atoms with van der Waals surface area (Å²) in [7, 11) is 0. The van der Waals surface area contributed by atoms with Gasteiger partial charge in [0.15, 0.2) is 0 Å². The molecule has 2 aromatic rings. The molecular weight excluding hydrogens is 308 g/mol. The molecule has 2 N–H and O–H groups in total. The number of aromatic nitrogens is 3. The number of nitrogens with zero attached hydrogens (tertiary/aromatic N) is 3. The fraction of sp³-hybridized carbons (Fsp3) is 0.400. The minimum atomic E-state index is -1.86. The first-order valence-electron chi connectivity index (χ1n) is 7.09. The van der Waals surface area contributed by atoms with E-state index in [1.165, 1.54) is 17.3 Å². The molecule has 0 aliphatic heterocycles. The summed E-state index contributed by atoms with van der Waals surface area (Å²) in [5.41, 5.74) is -2.03. The number of halogens is 2. The average molecular weight is 325 g/mol. The zero-order valence-corrected chi connectivity index (χ0v) is 12.5. The van der Waals surface area contributed by atoms with Crippen molar-refractivity contribution in [2.45, 2.75) is 31.9 Å². The van der Waals surface area contributed by atoms with Crippen molar-refractivity contribution in [1.82, 2.24) is 14.8 Å². The lowest BCUT2D eigenvalue weighted by Gasteiger charge is -2.31. The molecule has 0 bridgehead atoms. The average Bonchev–Trinajstić information content (AvgIpc) is 2.96. The predicted octanol–water partition coefficient (Wildman–Crippen LogP) is 1.95. The van der Waals surface area contributed by atoms with E-state index >= 15 is 0 Å². The summed E-state index contributed by atoms with van der Waals surface area (Å²) in [4.78, 5) is 15.0. The van der Waals surface area contributed by atoms with Crippen molar-refractivity contribution in [3.05, 3.63) is 48.1 Å². The van der Waals surface area contributed by atoms with Gasteiger partial charge in [-0.3, -0.25) is 4.79 Å². The molecule has 0 aliphatic rings. The second-order valence-corrected chi connectivity index (χ2v) is 5.40. The summed E-state index contributed by atoms with van der Waals surface area (Å²) in [6, 6.07) is 2.80. The summed E-state index contributed by atoms with van der Waals surface area (Å²) in [5.74, 6) is -3.69. The van der Waals surface area contributed by atoms with Crippen molar-refractivity contribution in [3.63, 3.8) is 0 Å². The standard InChI is InChI=1S/C15H17F2N3O3/c1-2-10(14(21)22)6-15(23,7-20-9-18-8-19-20)12-4-3-11(16)5-13(12)17/h3-5,8-10,23H,2,6-7H2,1H3,(H,21,22)/t10?,15-/m0/s1. The van der Waals surface area contributed by atoms with Crippen molar-refractivity contribution in [2.75, 3.05) is 0 Å². The van der Waals surface area contributed by atoms with Crippen LogP contribution in [0.2, 0.25) is 0 Å². The molecule has 0 amide bonds. The second-order valence-electron chi connectivity index (χ2n) is 5.40. The predicted molar refractivity (Wildman–Crippen MR) is 76.3 cm³/mol. The first kappa shape index (κ1) is 17.0. The van der Waals surface area contributed by atoms with Crippen LogP contribution in [0.5, 0.6) is 0 Å². The molecule has 8 heteroatoms. The number of hydrogen-bond donors (Lipinski definition) is 2. The Morgan fingerprint density at radius 3 is 2.70 bits per heavy atom. The van der Waals surface area contributed by atoms with Crippen LogP contribution in [0.3, 0.4) is 0 Å². The molecular formula is C15H17F2N3O3. The van der Waals surface area contributed by atoms with Crippen molar-refractivity contribution < 1.29 is 23.8 Å². The first-order valence-corrected chi connectivity index (χ1v) is 7.09. The molecule has 23 heavy (non-hydrogen) atoms. The van der Waals surface area contributed by atoms with E-state index in [-0.39, 0.29) is 24.9 Å². The summed E-state index contributed by atoms with van der Waals surface area (Å²) in [6.07, 6.45) is 2.60. The Morgan fingerprint density at radius 2 is 2.17 bits per heavy atom. The van der Waals surface area contributed by atoms with Crippen LogP contribution >= 0.6 is 0 Å². The van der Waals surface area contributed by atoms with Gasteiger partial charge in [0.25, 0.3) is 0 Å². The number of rotatable bonds is 7. The van der Waals surface area contributed by atoms with Crippen molar-refractivity contribution in [1.29, 1.82) is 0 Å². The molecule has 1 unspecified atom stereocenters. The van der Waals surface area contributed by atoms with E-state index < -0.39 is 29.1 Å². The van der Waals surface area contributed by atoms with Gasteiger partial charge >= 0.3 is 5.97 Å². The highest BCUT2D eigenvalue weighted by atomic mass is 19.1. The van der Waals surface area contributed by atoms with Gasteiger partial charge in [0, 0.05) is 11.6 Å². The maximum absolute atomic E-state index is 14.1. The van der Waals surface area contributed by atoms with Gasteiger partial charge in [0.2, 0.25) is 0 Å². The number of benzene rings is 1. The highest BCUT2D eigenvalue weighted by molar-refractivity contribution is 5.70. The van der Waals surface area contributed by atoms with Crippen molar-refractivity contribution >= 4 is 5.97 Å². The van der Waals surface area contributed by atoms with Gasteiger partial charge in [-0.1, -0.05) is 13.0 Å². The van der Waals surface area contributed by atoms with Gasteiger partial charge in [-0.05, 0) is 18.9 Å². The Balaban J connectivity index is 2.43. The highest BCUT2D eigenvalue weighted by Crippen LogP contribution is 2.33. The Morgan fingerprint density at radius 1 is 1.43 bits per heavy atom. The molecule has 0 radical (unpaired) electrons. The normalized spacial score (nSPS) is 15.1. The Bertz CT molecular complexity index is 679. The van der Waals surface area contributed by atoms with Crippen molar-refractivity contribution in [3.8, 4) is 0 Å². The number of aliphatic hydroxyl groups is 1. The smallest absolute Gasteiger partial charge is 0.306 e. The third kappa shape index (κ3) is 3.89.